The van der Waals surface area contributed by atoms with E-state index in [0.717, 1.165) is 5.56 Å². The molecule has 1 aromatic carbocycles. The van der Waals surface area contributed by atoms with Crippen LogP contribution < -0.4 is 5.48 Å². The maximum absolute atomic E-state index is 10.8. The van der Waals surface area contributed by atoms with Crippen LogP contribution in [0.2, 0.25) is 5.02 Å². The molecule has 92 valence electrons. The summed E-state index contributed by atoms with van der Waals surface area (Å²) in [5, 5.41) is 8.99. The van der Waals surface area contributed by atoms with E-state index in [1.165, 1.54) is 17.6 Å². The van der Waals surface area contributed by atoms with Gasteiger partial charge in [0, 0.05) is 16.7 Å². The number of amides is 1. The van der Waals surface area contributed by atoms with Crippen molar-refractivity contribution in [1.82, 2.24) is 5.48 Å². The van der Waals surface area contributed by atoms with Crippen molar-refractivity contribution in [3.63, 3.8) is 0 Å². The molecule has 4 nitrogen and oxygen atoms in total. The monoisotopic (exact) mass is 263 g/mol. The molecule has 2 N–H and O–H groups in total. The van der Waals surface area contributed by atoms with Crippen LogP contribution in [0.3, 0.4) is 0 Å². The highest BCUT2D eigenvalue weighted by Crippen LogP contribution is 2.24. The molecule has 2 rings (SSSR count). The summed E-state index contributed by atoms with van der Waals surface area (Å²) in [7, 11) is 0. The third-order valence-corrected chi connectivity index (χ3v) is 2.52. The van der Waals surface area contributed by atoms with Crippen LogP contribution in [0.25, 0.3) is 17.4 Å². The Kier molecular flexibility index (Phi) is 3.82. The van der Waals surface area contributed by atoms with Gasteiger partial charge in [0.05, 0.1) is 0 Å². The number of benzene rings is 1. The predicted octanol–water partition coefficient (Wildman–Crippen LogP) is 3.12. The van der Waals surface area contributed by atoms with Gasteiger partial charge in [-0.15, -0.1) is 0 Å². The summed E-state index contributed by atoms with van der Waals surface area (Å²) < 4.78 is 5.51. The van der Waals surface area contributed by atoms with Crippen molar-refractivity contribution in [3.8, 4) is 11.3 Å². The van der Waals surface area contributed by atoms with Crippen molar-refractivity contribution in [2.45, 2.75) is 0 Å². The van der Waals surface area contributed by atoms with Gasteiger partial charge in [-0.1, -0.05) is 11.6 Å². The van der Waals surface area contributed by atoms with E-state index in [2.05, 4.69) is 0 Å². The van der Waals surface area contributed by atoms with Crippen molar-refractivity contribution >= 4 is 23.6 Å². The van der Waals surface area contributed by atoms with Crippen LogP contribution in [0.15, 0.2) is 46.9 Å². The normalized spacial score (nSPS) is 10.8. The van der Waals surface area contributed by atoms with Gasteiger partial charge in [0.1, 0.15) is 11.5 Å². The molecule has 0 saturated carbocycles. The van der Waals surface area contributed by atoms with E-state index in [4.69, 9.17) is 21.2 Å². The standard InChI is InChI=1S/C13H10ClNO3/c14-10-3-1-9(2-4-10)12-7-5-11(18-12)6-8-13(16)15-17/h1-8,17H,(H,15,16)/b8-6+. The first-order valence-corrected chi connectivity index (χ1v) is 5.55. The molecule has 0 spiro atoms. The molecule has 18 heavy (non-hydrogen) atoms. The molecule has 1 aromatic heterocycles. The minimum Gasteiger partial charge on any atom is -0.457 e. The molecule has 1 heterocycles. The molecule has 0 unspecified atom stereocenters. The second-order valence-electron chi connectivity index (χ2n) is 3.52. The largest absolute Gasteiger partial charge is 0.457 e. The highest BCUT2D eigenvalue weighted by atomic mass is 35.5. The third kappa shape index (κ3) is 3.00. The Morgan fingerprint density at radius 3 is 2.61 bits per heavy atom. The molecule has 1 amide bonds. The number of carbonyl (C=O) groups is 1. The number of hydrogen-bond donors (Lipinski definition) is 2. The van der Waals surface area contributed by atoms with E-state index in [1.54, 1.807) is 24.3 Å². The van der Waals surface area contributed by atoms with Gasteiger partial charge in [0.15, 0.2) is 0 Å². The Hall–Kier alpha value is -2.04. The average molecular weight is 264 g/mol. The number of rotatable bonds is 3. The quantitative estimate of drug-likeness (QED) is 0.508. The topological polar surface area (TPSA) is 62.5 Å². The Morgan fingerprint density at radius 2 is 1.94 bits per heavy atom. The number of furan rings is 1. The second-order valence-corrected chi connectivity index (χ2v) is 3.95. The Bertz CT molecular complexity index is 572. The van der Waals surface area contributed by atoms with Gasteiger partial charge < -0.3 is 4.42 Å². The van der Waals surface area contributed by atoms with E-state index >= 15 is 0 Å². The van der Waals surface area contributed by atoms with Crippen LogP contribution in [0.4, 0.5) is 0 Å². The number of nitrogens with one attached hydrogen (secondary N) is 1. The van der Waals surface area contributed by atoms with Crippen LogP contribution in [-0.2, 0) is 4.79 Å². The first kappa shape index (κ1) is 12.4. The summed E-state index contributed by atoms with van der Waals surface area (Å²) in [4.78, 5) is 10.8. The zero-order valence-corrected chi connectivity index (χ0v) is 10.0. The summed E-state index contributed by atoms with van der Waals surface area (Å²) >= 11 is 5.79. The highest BCUT2D eigenvalue weighted by Gasteiger charge is 2.03. The van der Waals surface area contributed by atoms with Gasteiger partial charge >= 0.3 is 0 Å². The lowest BCUT2D eigenvalue weighted by atomic mass is 10.2. The fourth-order valence-electron chi connectivity index (χ4n) is 1.41. The van der Waals surface area contributed by atoms with Crippen molar-refractivity contribution in [1.29, 1.82) is 0 Å². The maximum Gasteiger partial charge on any atom is 0.267 e. The lowest BCUT2D eigenvalue weighted by Gasteiger charge is -1.96. The van der Waals surface area contributed by atoms with Crippen LogP contribution in [0.5, 0.6) is 0 Å². The molecular weight excluding hydrogens is 254 g/mol. The third-order valence-electron chi connectivity index (χ3n) is 2.26. The zero-order chi connectivity index (χ0) is 13.0. The molecule has 5 heteroatoms. The number of carbonyl (C=O) groups excluding carboxylic acids is 1. The van der Waals surface area contributed by atoms with Gasteiger partial charge in [0.25, 0.3) is 5.91 Å². The molecule has 2 aromatic rings. The van der Waals surface area contributed by atoms with Crippen LogP contribution in [-0.4, -0.2) is 11.1 Å². The summed E-state index contributed by atoms with van der Waals surface area (Å²) in [6.45, 7) is 0. The van der Waals surface area contributed by atoms with Gasteiger partial charge in [-0.2, -0.15) is 0 Å². The van der Waals surface area contributed by atoms with E-state index < -0.39 is 5.91 Å². The van der Waals surface area contributed by atoms with E-state index in [1.807, 2.05) is 12.1 Å². The minimum atomic E-state index is -0.612. The molecular formula is C13H10ClNO3. The number of hydrogen-bond acceptors (Lipinski definition) is 3. The van der Waals surface area contributed by atoms with Gasteiger partial charge in [-0.25, -0.2) is 5.48 Å². The van der Waals surface area contributed by atoms with Crippen LogP contribution in [0.1, 0.15) is 5.76 Å². The summed E-state index contributed by atoms with van der Waals surface area (Å²) in [5.74, 6) is 0.582. The summed E-state index contributed by atoms with van der Waals surface area (Å²) in [6, 6.07) is 10.7. The van der Waals surface area contributed by atoms with Gasteiger partial charge in [-0.3, -0.25) is 10.0 Å². The first-order valence-electron chi connectivity index (χ1n) is 5.17. The molecule has 0 aliphatic rings. The van der Waals surface area contributed by atoms with Crippen molar-refractivity contribution in [2.75, 3.05) is 0 Å². The zero-order valence-electron chi connectivity index (χ0n) is 9.26. The maximum atomic E-state index is 10.8. The molecule has 0 aliphatic heterocycles. The molecule has 0 atom stereocenters. The Morgan fingerprint density at radius 1 is 1.22 bits per heavy atom. The van der Waals surface area contributed by atoms with E-state index in [-0.39, 0.29) is 0 Å². The van der Waals surface area contributed by atoms with Crippen molar-refractivity contribution in [3.05, 3.63) is 53.3 Å². The van der Waals surface area contributed by atoms with E-state index in [0.29, 0.717) is 16.5 Å². The average Bonchev–Trinajstić information content (AvgIpc) is 2.85. The minimum absolute atomic E-state index is 0.517. The van der Waals surface area contributed by atoms with Crippen LogP contribution >= 0.6 is 11.6 Å². The van der Waals surface area contributed by atoms with Crippen LogP contribution in [0, 0.1) is 0 Å². The first-order chi connectivity index (χ1) is 8.69. The summed E-state index contributed by atoms with van der Waals surface area (Å²) in [5.41, 5.74) is 2.39. The SMILES string of the molecule is O=C(/C=C/c1ccc(-c2ccc(Cl)cc2)o1)NO. The Labute approximate surface area is 108 Å². The highest BCUT2D eigenvalue weighted by molar-refractivity contribution is 6.30. The molecule has 0 bridgehead atoms. The fourth-order valence-corrected chi connectivity index (χ4v) is 1.53. The van der Waals surface area contributed by atoms with Crippen molar-refractivity contribution < 1.29 is 14.4 Å². The summed E-state index contributed by atoms with van der Waals surface area (Å²) in [6.07, 6.45) is 2.63. The lowest BCUT2D eigenvalue weighted by Crippen LogP contribution is -2.14. The molecule has 0 aliphatic carbocycles. The predicted molar refractivity (Wildman–Crippen MR) is 68.1 cm³/mol. The van der Waals surface area contributed by atoms with Crippen molar-refractivity contribution in [2.24, 2.45) is 0 Å². The fraction of sp³-hybridized carbons (Fsp3) is 0. The number of hydroxylamine groups is 1. The number of halogens is 1. The Balaban J connectivity index is 2.18. The van der Waals surface area contributed by atoms with E-state index in [9.17, 15) is 4.79 Å². The second kappa shape index (κ2) is 5.53. The lowest BCUT2D eigenvalue weighted by molar-refractivity contribution is -0.124. The molecule has 0 radical (unpaired) electrons. The van der Waals surface area contributed by atoms with Gasteiger partial charge in [0.2, 0.25) is 0 Å². The van der Waals surface area contributed by atoms with Gasteiger partial charge in [-0.05, 0) is 42.5 Å². The molecule has 0 fully saturated rings. The smallest absolute Gasteiger partial charge is 0.267 e. The molecule has 0 saturated heterocycles.